The Bertz CT molecular complexity index is 1080. The summed E-state index contributed by atoms with van der Waals surface area (Å²) in [4.78, 5) is 29.3. The molecule has 0 aliphatic heterocycles. The minimum atomic E-state index is -1.01. The lowest BCUT2D eigenvalue weighted by Crippen LogP contribution is -2.41. The summed E-state index contributed by atoms with van der Waals surface area (Å²) in [5.74, 6) is -0.171. The van der Waals surface area contributed by atoms with Crippen LogP contribution in [-0.4, -0.2) is 32.6 Å². The van der Waals surface area contributed by atoms with Crippen molar-refractivity contribution in [1.29, 1.82) is 0 Å². The molecule has 170 valence electrons. The number of carboxylic acid groups (broad SMARTS) is 1. The zero-order valence-corrected chi connectivity index (χ0v) is 19.5. The van der Waals surface area contributed by atoms with Crippen LogP contribution >= 0.6 is 11.3 Å². The molecule has 2 heterocycles. The van der Waals surface area contributed by atoms with E-state index < -0.39 is 12.0 Å². The first-order valence-corrected chi connectivity index (χ1v) is 12.4. The molecule has 1 aromatic carbocycles. The number of nitrogens with one attached hydrogen (secondary N) is 1. The lowest BCUT2D eigenvalue weighted by molar-refractivity contribution is -0.139. The molecule has 0 bridgehead atoms. The third-order valence-corrected chi connectivity index (χ3v) is 6.95. The van der Waals surface area contributed by atoms with Crippen LogP contribution in [0.4, 0.5) is 0 Å². The van der Waals surface area contributed by atoms with Crippen LogP contribution in [0.5, 0.6) is 0 Å². The first-order chi connectivity index (χ1) is 15.4. The average Bonchev–Trinajstić information content (AvgIpc) is 3.40. The van der Waals surface area contributed by atoms with Gasteiger partial charge in [0.1, 0.15) is 11.9 Å². The number of amides is 1. The second-order valence-electron chi connectivity index (χ2n) is 9.20. The van der Waals surface area contributed by atoms with Gasteiger partial charge in [-0.1, -0.05) is 33.1 Å². The Balaban J connectivity index is 1.66. The average molecular weight is 454 g/mol. The minimum Gasteiger partial charge on any atom is -0.480 e. The summed E-state index contributed by atoms with van der Waals surface area (Å²) in [6.07, 6.45) is 7.22. The Hall–Kier alpha value is -2.67. The molecular formula is C25H31N3O3S. The highest BCUT2D eigenvalue weighted by Crippen LogP contribution is 2.33. The van der Waals surface area contributed by atoms with Crippen molar-refractivity contribution in [3.05, 3.63) is 52.0 Å². The molecule has 1 saturated carbocycles. The number of carboxylic acids is 1. The van der Waals surface area contributed by atoms with Gasteiger partial charge in [0.05, 0.1) is 11.0 Å². The van der Waals surface area contributed by atoms with Crippen molar-refractivity contribution in [2.75, 3.05) is 0 Å². The fourth-order valence-corrected chi connectivity index (χ4v) is 5.34. The summed E-state index contributed by atoms with van der Waals surface area (Å²) in [6, 6.07) is 7.24. The second kappa shape index (κ2) is 9.86. The van der Waals surface area contributed by atoms with Crippen molar-refractivity contribution >= 4 is 34.2 Å². The Labute approximate surface area is 192 Å². The largest absolute Gasteiger partial charge is 0.480 e. The maximum absolute atomic E-state index is 12.8. The van der Waals surface area contributed by atoms with Gasteiger partial charge in [-0.05, 0) is 65.8 Å². The number of hydrogen-bond donors (Lipinski definition) is 2. The van der Waals surface area contributed by atoms with Gasteiger partial charge < -0.3 is 15.0 Å². The van der Waals surface area contributed by atoms with Gasteiger partial charge in [-0.15, -0.1) is 0 Å². The van der Waals surface area contributed by atoms with Crippen LogP contribution < -0.4 is 5.32 Å². The Morgan fingerprint density at radius 2 is 2.00 bits per heavy atom. The molecule has 32 heavy (non-hydrogen) atoms. The number of nitrogens with zero attached hydrogens (tertiary/aromatic N) is 2. The van der Waals surface area contributed by atoms with E-state index in [9.17, 15) is 14.7 Å². The first-order valence-electron chi connectivity index (χ1n) is 11.5. The van der Waals surface area contributed by atoms with E-state index in [0.29, 0.717) is 18.0 Å². The number of hydrogen-bond acceptors (Lipinski definition) is 4. The Morgan fingerprint density at radius 1 is 1.22 bits per heavy atom. The number of fused-ring (bicyclic) bond motifs is 1. The van der Waals surface area contributed by atoms with Crippen LogP contribution in [-0.2, 0) is 11.2 Å². The van der Waals surface area contributed by atoms with E-state index in [1.54, 1.807) is 23.5 Å². The molecule has 2 aromatic heterocycles. The zero-order valence-electron chi connectivity index (χ0n) is 18.7. The van der Waals surface area contributed by atoms with Crippen LogP contribution in [0.2, 0.25) is 0 Å². The van der Waals surface area contributed by atoms with Crippen molar-refractivity contribution in [3.63, 3.8) is 0 Å². The molecule has 1 atom stereocenters. The summed E-state index contributed by atoms with van der Waals surface area (Å²) in [5.41, 5.74) is 3.54. The number of aromatic nitrogens is 2. The van der Waals surface area contributed by atoms with E-state index in [0.717, 1.165) is 36.1 Å². The van der Waals surface area contributed by atoms with E-state index >= 15 is 0 Å². The molecule has 7 heteroatoms. The number of rotatable bonds is 8. The summed E-state index contributed by atoms with van der Waals surface area (Å²) in [7, 11) is 0. The van der Waals surface area contributed by atoms with Gasteiger partial charge in [-0.25, -0.2) is 9.78 Å². The van der Waals surface area contributed by atoms with Crippen molar-refractivity contribution in [1.82, 2.24) is 14.9 Å². The van der Waals surface area contributed by atoms with Crippen molar-refractivity contribution < 1.29 is 14.7 Å². The molecule has 1 fully saturated rings. The SMILES string of the molecule is CC(C)CC(NC(=O)c1ccc2c(c1)nc(Cc1ccsc1)n2C1CCCCC1)C(=O)O. The maximum atomic E-state index is 12.8. The number of imidazole rings is 1. The molecule has 6 nitrogen and oxygen atoms in total. The molecule has 1 aliphatic rings. The predicted octanol–water partition coefficient (Wildman–Crippen LogP) is 5.42. The smallest absolute Gasteiger partial charge is 0.326 e. The fraction of sp³-hybridized carbons (Fsp3) is 0.480. The number of carbonyl (C=O) groups is 2. The molecule has 1 aliphatic carbocycles. The molecule has 2 N–H and O–H groups in total. The molecule has 1 amide bonds. The van der Waals surface area contributed by atoms with E-state index in [2.05, 4.69) is 26.7 Å². The first kappa shape index (κ1) is 22.5. The molecular weight excluding hydrogens is 422 g/mol. The Morgan fingerprint density at radius 3 is 2.66 bits per heavy atom. The van der Waals surface area contributed by atoms with Gasteiger partial charge in [0.15, 0.2) is 0 Å². The van der Waals surface area contributed by atoms with Gasteiger partial charge in [-0.3, -0.25) is 4.79 Å². The topological polar surface area (TPSA) is 84.2 Å². The van der Waals surface area contributed by atoms with Crippen LogP contribution in [0.3, 0.4) is 0 Å². The lowest BCUT2D eigenvalue weighted by Gasteiger charge is -2.25. The van der Waals surface area contributed by atoms with Crippen LogP contribution in [0.25, 0.3) is 11.0 Å². The van der Waals surface area contributed by atoms with Crippen molar-refractivity contribution in [2.45, 2.75) is 70.9 Å². The standard InChI is InChI=1S/C25H31N3O3S/c1-16(2)12-21(25(30)31)27-24(29)18-8-9-22-20(14-18)26-23(13-17-10-11-32-15-17)28(22)19-6-4-3-5-7-19/h8-11,14-16,19,21H,3-7,12-13H2,1-2H3,(H,27,29)(H,30,31). The summed E-state index contributed by atoms with van der Waals surface area (Å²) in [5, 5.41) is 16.4. The molecule has 3 aromatic rings. The summed E-state index contributed by atoms with van der Waals surface area (Å²) >= 11 is 1.69. The minimum absolute atomic E-state index is 0.171. The zero-order chi connectivity index (χ0) is 22.7. The normalized spacial score (nSPS) is 15.8. The van der Waals surface area contributed by atoms with E-state index in [-0.39, 0.29) is 11.8 Å². The van der Waals surface area contributed by atoms with Crippen molar-refractivity contribution in [3.8, 4) is 0 Å². The highest BCUT2D eigenvalue weighted by Gasteiger charge is 2.24. The summed E-state index contributed by atoms with van der Waals surface area (Å²) < 4.78 is 2.38. The van der Waals surface area contributed by atoms with Crippen LogP contribution in [0.15, 0.2) is 35.0 Å². The molecule has 0 saturated heterocycles. The number of aliphatic carboxylic acids is 1. The van der Waals surface area contributed by atoms with Gasteiger partial charge >= 0.3 is 5.97 Å². The monoisotopic (exact) mass is 453 g/mol. The van der Waals surface area contributed by atoms with Gasteiger partial charge in [0, 0.05) is 18.0 Å². The van der Waals surface area contributed by atoms with Crippen LogP contribution in [0, 0.1) is 5.92 Å². The number of thiophene rings is 1. The molecule has 0 radical (unpaired) electrons. The number of benzene rings is 1. The molecule has 4 rings (SSSR count). The lowest BCUT2D eigenvalue weighted by atomic mass is 9.95. The predicted molar refractivity (Wildman–Crippen MR) is 127 cm³/mol. The third kappa shape index (κ3) is 5.04. The molecule has 1 unspecified atom stereocenters. The quantitative estimate of drug-likeness (QED) is 0.477. The third-order valence-electron chi connectivity index (χ3n) is 6.22. The van der Waals surface area contributed by atoms with Crippen LogP contribution in [0.1, 0.15) is 80.2 Å². The second-order valence-corrected chi connectivity index (χ2v) is 9.98. The highest BCUT2D eigenvalue weighted by atomic mass is 32.1. The summed E-state index contributed by atoms with van der Waals surface area (Å²) in [6.45, 7) is 3.89. The highest BCUT2D eigenvalue weighted by molar-refractivity contribution is 7.07. The Kier molecular flexibility index (Phi) is 6.94. The van der Waals surface area contributed by atoms with Gasteiger partial charge in [0.2, 0.25) is 0 Å². The number of carbonyl (C=O) groups excluding carboxylic acids is 1. The van der Waals surface area contributed by atoms with E-state index in [1.807, 2.05) is 19.9 Å². The van der Waals surface area contributed by atoms with E-state index in [1.165, 1.54) is 24.8 Å². The maximum Gasteiger partial charge on any atom is 0.326 e. The molecule has 0 spiro atoms. The van der Waals surface area contributed by atoms with Gasteiger partial charge in [0.25, 0.3) is 5.91 Å². The fourth-order valence-electron chi connectivity index (χ4n) is 4.67. The van der Waals surface area contributed by atoms with Gasteiger partial charge in [-0.2, -0.15) is 11.3 Å². The van der Waals surface area contributed by atoms with E-state index in [4.69, 9.17) is 4.98 Å². The van der Waals surface area contributed by atoms with Crippen molar-refractivity contribution in [2.24, 2.45) is 5.92 Å².